The summed E-state index contributed by atoms with van der Waals surface area (Å²) in [6, 6.07) is 12.6. The number of rotatable bonds is 7. The van der Waals surface area contributed by atoms with E-state index >= 15 is 0 Å². The first-order chi connectivity index (χ1) is 10.2. The van der Waals surface area contributed by atoms with Crippen LogP contribution in [0, 0.1) is 6.92 Å². The van der Waals surface area contributed by atoms with Crippen LogP contribution in [0.5, 0.6) is 5.75 Å². The van der Waals surface area contributed by atoms with Crippen LogP contribution in [0.1, 0.15) is 36.2 Å². The highest BCUT2D eigenvalue weighted by molar-refractivity contribution is 5.36. The van der Waals surface area contributed by atoms with Gasteiger partial charge in [-0.1, -0.05) is 31.2 Å². The van der Waals surface area contributed by atoms with E-state index in [-0.39, 0.29) is 6.04 Å². The Morgan fingerprint density at radius 1 is 1.19 bits per heavy atom. The fraction of sp³-hybridized carbons (Fsp3) is 0.389. The summed E-state index contributed by atoms with van der Waals surface area (Å²) in [7, 11) is 1.72. The lowest BCUT2D eigenvalue weighted by molar-refractivity contribution is 0.397. The molecule has 112 valence electrons. The van der Waals surface area contributed by atoms with Crippen LogP contribution >= 0.6 is 0 Å². The topological polar surface area (TPSA) is 34.2 Å². The zero-order chi connectivity index (χ0) is 15.1. The lowest BCUT2D eigenvalue weighted by Gasteiger charge is -2.21. The van der Waals surface area contributed by atoms with Gasteiger partial charge < -0.3 is 10.1 Å². The number of hydrogen-bond donors (Lipinski definition) is 1. The molecule has 1 aromatic carbocycles. The summed E-state index contributed by atoms with van der Waals surface area (Å²) in [6.45, 7) is 5.22. The lowest BCUT2D eigenvalue weighted by atomic mass is 10.00. The average Bonchev–Trinajstić information content (AvgIpc) is 2.53. The molecule has 21 heavy (non-hydrogen) atoms. The van der Waals surface area contributed by atoms with Crippen molar-refractivity contribution >= 4 is 0 Å². The summed E-state index contributed by atoms with van der Waals surface area (Å²) in [5.41, 5.74) is 3.48. The van der Waals surface area contributed by atoms with Gasteiger partial charge in [-0.25, -0.2) is 0 Å². The molecule has 0 aliphatic heterocycles. The number of methoxy groups -OCH3 is 1. The molecule has 1 N–H and O–H groups in total. The van der Waals surface area contributed by atoms with Gasteiger partial charge in [0.2, 0.25) is 0 Å². The molecule has 2 aromatic rings. The van der Waals surface area contributed by atoms with Gasteiger partial charge in [-0.05, 0) is 37.6 Å². The smallest absolute Gasteiger partial charge is 0.123 e. The van der Waals surface area contributed by atoms with Crippen LogP contribution in [0.3, 0.4) is 0 Å². The Morgan fingerprint density at radius 3 is 2.67 bits per heavy atom. The van der Waals surface area contributed by atoms with E-state index in [0.29, 0.717) is 0 Å². The molecule has 2 rings (SSSR count). The van der Waals surface area contributed by atoms with E-state index in [1.807, 2.05) is 18.3 Å². The van der Waals surface area contributed by atoms with Gasteiger partial charge in [-0.15, -0.1) is 0 Å². The first-order valence-corrected chi connectivity index (χ1v) is 7.52. The largest absolute Gasteiger partial charge is 0.496 e. The monoisotopic (exact) mass is 284 g/mol. The second-order valence-corrected chi connectivity index (χ2v) is 5.28. The predicted octanol–water partition coefficient (Wildman–Crippen LogP) is 3.68. The summed E-state index contributed by atoms with van der Waals surface area (Å²) in [4.78, 5) is 4.53. The molecule has 3 heteroatoms. The van der Waals surface area contributed by atoms with Crippen molar-refractivity contribution in [3.63, 3.8) is 0 Å². The molecule has 0 aliphatic rings. The maximum absolute atomic E-state index is 5.50. The molecule has 0 aliphatic carbocycles. The average molecular weight is 284 g/mol. The van der Waals surface area contributed by atoms with Gasteiger partial charge in [-0.2, -0.15) is 0 Å². The SMILES string of the molecule is CCCNC(Cc1ccc(C)cn1)c1ccccc1OC. The molecule has 0 amide bonds. The zero-order valence-electron chi connectivity index (χ0n) is 13.1. The normalized spacial score (nSPS) is 12.1. The summed E-state index contributed by atoms with van der Waals surface area (Å²) >= 11 is 0. The first kappa shape index (κ1) is 15.5. The molecule has 0 bridgehead atoms. The number of hydrogen-bond acceptors (Lipinski definition) is 3. The van der Waals surface area contributed by atoms with Gasteiger partial charge in [-0.3, -0.25) is 4.98 Å². The molecule has 0 fully saturated rings. The number of para-hydroxylation sites is 1. The standard InChI is InChI=1S/C18H24N2O/c1-4-11-19-17(12-15-10-9-14(2)13-20-15)16-7-5-6-8-18(16)21-3/h5-10,13,17,19H,4,11-12H2,1-3H3. The van der Waals surface area contributed by atoms with Crippen molar-refractivity contribution in [3.8, 4) is 5.75 Å². The van der Waals surface area contributed by atoms with E-state index in [4.69, 9.17) is 4.74 Å². The third-order valence-electron chi connectivity index (χ3n) is 3.54. The van der Waals surface area contributed by atoms with Gasteiger partial charge in [0.15, 0.2) is 0 Å². The number of aromatic nitrogens is 1. The molecular formula is C18H24N2O. The van der Waals surface area contributed by atoms with E-state index in [2.05, 4.69) is 48.4 Å². The summed E-state index contributed by atoms with van der Waals surface area (Å²) in [5.74, 6) is 0.929. The summed E-state index contributed by atoms with van der Waals surface area (Å²) in [6.07, 6.45) is 3.89. The van der Waals surface area contributed by atoms with Gasteiger partial charge in [0.05, 0.1) is 7.11 Å². The molecule has 1 atom stereocenters. The van der Waals surface area contributed by atoms with Crippen molar-refractivity contribution in [2.45, 2.75) is 32.7 Å². The molecule has 0 spiro atoms. The van der Waals surface area contributed by atoms with Crippen molar-refractivity contribution in [2.24, 2.45) is 0 Å². The Bertz CT molecular complexity index is 551. The van der Waals surface area contributed by atoms with Crippen LogP contribution in [0.25, 0.3) is 0 Å². The van der Waals surface area contributed by atoms with E-state index in [1.165, 1.54) is 11.1 Å². The molecule has 0 radical (unpaired) electrons. The molecule has 1 unspecified atom stereocenters. The fourth-order valence-corrected chi connectivity index (χ4v) is 2.39. The minimum absolute atomic E-state index is 0.219. The van der Waals surface area contributed by atoms with Gasteiger partial charge in [0.25, 0.3) is 0 Å². The number of pyridine rings is 1. The number of nitrogens with one attached hydrogen (secondary N) is 1. The number of aryl methyl sites for hydroxylation is 1. The first-order valence-electron chi connectivity index (χ1n) is 7.52. The van der Waals surface area contributed by atoms with E-state index in [0.717, 1.165) is 30.8 Å². The maximum Gasteiger partial charge on any atom is 0.123 e. The van der Waals surface area contributed by atoms with Crippen molar-refractivity contribution in [2.75, 3.05) is 13.7 Å². The van der Waals surface area contributed by atoms with Gasteiger partial charge >= 0.3 is 0 Å². The molecule has 0 saturated carbocycles. The van der Waals surface area contributed by atoms with Crippen LogP contribution in [-0.4, -0.2) is 18.6 Å². The Kier molecular flexibility index (Phi) is 5.76. The quantitative estimate of drug-likeness (QED) is 0.842. The minimum Gasteiger partial charge on any atom is -0.496 e. The number of benzene rings is 1. The van der Waals surface area contributed by atoms with Crippen molar-refractivity contribution < 1.29 is 4.74 Å². The fourth-order valence-electron chi connectivity index (χ4n) is 2.39. The Hall–Kier alpha value is -1.87. The molecule has 1 heterocycles. The van der Waals surface area contributed by atoms with E-state index < -0.39 is 0 Å². The number of ether oxygens (including phenoxy) is 1. The molecule has 1 aromatic heterocycles. The molecular weight excluding hydrogens is 260 g/mol. The maximum atomic E-state index is 5.50. The van der Waals surface area contributed by atoms with Crippen LogP contribution in [0.4, 0.5) is 0 Å². The second-order valence-electron chi connectivity index (χ2n) is 5.28. The summed E-state index contributed by atoms with van der Waals surface area (Å²) < 4.78 is 5.50. The van der Waals surface area contributed by atoms with Gasteiger partial charge in [0, 0.05) is 29.9 Å². The van der Waals surface area contributed by atoms with Crippen molar-refractivity contribution in [1.82, 2.24) is 10.3 Å². The third-order valence-corrected chi connectivity index (χ3v) is 3.54. The van der Waals surface area contributed by atoms with E-state index in [9.17, 15) is 0 Å². The predicted molar refractivity (Wildman–Crippen MR) is 86.7 cm³/mol. The Labute approximate surface area is 127 Å². The Balaban J connectivity index is 2.23. The minimum atomic E-state index is 0.219. The number of nitrogens with zero attached hydrogens (tertiary/aromatic N) is 1. The summed E-state index contributed by atoms with van der Waals surface area (Å²) in [5, 5.41) is 3.60. The van der Waals surface area contributed by atoms with E-state index in [1.54, 1.807) is 7.11 Å². The highest BCUT2D eigenvalue weighted by atomic mass is 16.5. The Morgan fingerprint density at radius 2 is 2.00 bits per heavy atom. The lowest BCUT2D eigenvalue weighted by Crippen LogP contribution is -2.25. The van der Waals surface area contributed by atoms with Crippen molar-refractivity contribution in [1.29, 1.82) is 0 Å². The highest BCUT2D eigenvalue weighted by Gasteiger charge is 2.16. The molecule has 3 nitrogen and oxygen atoms in total. The zero-order valence-corrected chi connectivity index (χ0v) is 13.1. The van der Waals surface area contributed by atoms with Crippen molar-refractivity contribution in [3.05, 3.63) is 59.4 Å². The van der Waals surface area contributed by atoms with Crippen LogP contribution in [-0.2, 0) is 6.42 Å². The van der Waals surface area contributed by atoms with Crippen LogP contribution < -0.4 is 10.1 Å². The highest BCUT2D eigenvalue weighted by Crippen LogP contribution is 2.27. The molecule has 0 saturated heterocycles. The van der Waals surface area contributed by atoms with Gasteiger partial charge in [0.1, 0.15) is 5.75 Å². The third kappa shape index (κ3) is 4.30. The van der Waals surface area contributed by atoms with Crippen LogP contribution in [0.2, 0.25) is 0 Å². The second kappa shape index (κ2) is 7.79. The van der Waals surface area contributed by atoms with Crippen LogP contribution in [0.15, 0.2) is 42.6 Å².